The molecular formula is C23H34N2O2. The van der Waals surface area contributed by atoms with E-state index in [1.807, 2.05) is 12.1 Å². The summed E-state index contributed by atoms with van der Waals surface area (Å²) in [5.41, 5.74) is 1.02. The molecule has 2 saturated carbocycles. The van der Waals surface area contributed by atoms with Crippen LogP contribution in [0.3, 0.4) is 0 Å². The first kappa shape index (κ1) is 18.8. The zero-order valence-electron chi connectivity index (χ0n) is 16.6. The fraction of sp³-hybridized carbons (Fsp3) is 0.696. The molecule has 4 atom stereocenters. The van der Waals surface area contributed by atoms with Crippen LogP contribution < -0.4 is 15.4 Å². The summed E-state index contributed by atoms with van der Waals surface area (Å²) in [4.78, 5) is 13.4. The molecule has 4 nitrogen and oxygen atoms in total. The van der Waals surface area contributed by atoms with Gasteiger partial charge in [0.25, 0.3) is 0 Å². The summed E-state index contributed by atoms with van der Waals surface area (Å²) >= 11 is 0. The monoisotopic (exact) mass is 370 g/mol. The van der Waals surface area contributed by atoms with Crippen molar-refractivity contribution in [1.82, 2.24) is 10.6 Å². The average molecular weight is 371 g/mol. The first-order valence-electron chi connectivity index (χ1n) is 10.8. The lowest BCUT2D eigenvalue weighted by atomic mass is 9.68. The molecule has 27 heavy (non-hydrogen) atoms. The molecule has 3 aliphatic rings. The number of piperidine rings is 1. The molecule has 1 heterocycles. The van der Waals surface area contributed by atoms with E-state index < -0.39 is 0 Å². The second-order valence-electron chi connectivity index (χ2n) is 9.02. The van der Waals surface area contributed by atoms with Crippen LogP contribution in [0, 0.1) is 23.2 Å². The van der Waals surface area contributed by atoms with Gasteiger partial charge < -0.3 is 15.4 Å². The molecule has 4 heteroatoms. The highest BCUT2D eigenvalue weighted by atomic mass is 16.5. The molecule has 1 aliphatic heterocycles. The highest BCUT2D eigenvalue weighted by molar-refractivity contribution is 5.84. The fourth-order valence-electron chi connectivity index (χ4n) is 5.90. The maximum absolute atomic E-state index is 13.4. The van der Waals surface area contributed by atoms with Gasteiger partial charge in [-0.25, -0.2) is 0 Å². The summed E-state index contributed by atoms with van der Waals surface area (Å²) in [6.07, 6.45) is 9.34. The van der Waals surface area contributed by atoms with Gasteiger partial charge in [-0.05, 0) is 93.5 Å². The number of carbonyl (C=O) groups is 1. The fourth-order valence-corrected chi connectivity index (χ4v) is 5.90. The Labute approximate surface area is 163 Å². The van der Waals surface area contributed by atoms with Crippen LogP contribution in [0.1, 0.15) is 50.5 Å². The van der Waals surface area contributed by atoms with Gasteiger partial charge in [-0.1, -0.05) is 18.6 Å². The summed E-state index contributed by atoms with van der Waals surface area (Å²) in [7, 11) is 1.71. The van der Waals surface area contributed by atoms with E-state index in [1.54, 1.807) is 7.11 Å². The Kier molecular flexibility index (Phi) is 5.72. The van der Waals surface area contributed by atoms with Crippen molar-refractivity contribution in [1.29, 1.82) is 0 Å². The molecule has 0 radical (unpaired) electrons. The Bertz CT molecular complexity index is 656. The van der Waals surface area contributed by atoms with Crippen LogP contribution >= 0.6 is 0 Å². The lowest BCUT2D eigenvalue weighted by Gasteiger charge is -2.37. The predicted molar refractivity (Wildman–Crippen MR) is 108 cm³/mol. The Balaban J connectivity index is 1.43. The van der Waals surface area contributed by atoms with Crippen LogP contribution in [-0.4, -0.2) is 32.7 Å². The summed E-state index contributed by atoms with van der Waals surface area (Å²) < 4.78 is 5.40. The zero-order chi connectivity index (χ0) is 18.7. The molecular weight excluding hydrogens is 336 g/mol. The molecule has 2 aliphatic carbocycles. The lowest BCUT2D eigenvalue weighted by molar-refractivity contribution is -0.134. The van der Waals surface area contributed by atoms with Crippen molar-refractivity contribution in [2.45, 2.75) is 51.4 Å². The number of fused-ring (bicyclic) bond motifs is 2. The second kappa shape index (κ2) is 8.22. The highest BCUT2D eigenvalue weighted by Crippen LogP contribution is 2.57. The van der Waals surface area contributed by atoms with E-state index in [-0.39, 0.29) is 5.41 Å². The molecule has 148 valence electrons. The quantitative estimate of drug-likeness (QED) is 0.772. The number of benzene rings is 1. The number of carbonyl (C=O) groups excluding carboxylic acids is 1. The van der Waals surface area contributed by atoms with E-state index in [1.165, 1.54) is 37.7 Å². The minimum Gasteiger partial charge on any atom is -0.497 e. The highest BCUT2D eigenvalue weighted by Gasteiger charge is 2.55. The van der Waals surface area contributed by atoms with Crippen LogP contribution in [0.4, 0.5) is 0 Å². The Morgan fingerprint density at radius 3 is 2.96 bits per heavy atom. The largest absolute Gasteiger partial charge is 0.497 e. The van der Waals surface area contributed by atoms with Crippen molar-refractivity contribution in [3.63, 3.8) is 0 Å². The Morgan fingerprint density at radius 2 is 2.26 bits per heavy atom. The molecule has 4 unspecified atom stereocenters. The van der Waals surface area contributed by atoms with Gasteiger partial charge in [0, 0.05) is 6.54 Å². The van der Waals surface area contributed by atoms with Gasteiger partial charge in [0.1, 0.15) is 5.75 Å². The molecule has 0 spiro atoms. The molecule has 3 fully saturated rings. The van der Waals surface area contributed by atoms with Crippen LogP contribution in [0.15, 0.2) is 24.3 Å². The summed E-state index contributed by atoms with van der Waals surface area (Å²) in [6, 6.07) is 8.28. The predicted octanol–water partition coefficient (Wildman–Crippen LogP) is 3.55. The zero-order valence-corrected chi connectivity index (χ0v) is 16.6. The Morgan fingerprint density at radius 1 is 1.33 bits per heavy atom. The van der Waals surface area contributed by atoms with Crippen LogP contribution in [0.2, 0.25) is 0 Å². The van der Waals surface area contributed by atoms with Crippen molar-refractivity contribution < 1.29 is 9.53 Å². The third-order valence-electron chi connectivity index (χ3n) is 7.32. The van der Waals surface area contributed by atoms with Crippen molar-refractivity contribution >= 4 is 5.91 Å². The Hall–Kier alpha value is -1.55. The first-order chi connectivity index (χ1) is 13.2. The van der Waals surface area contributed by atoms with Gasteiger partial charge in [0.15, 0.2) is 0 Å². The van der Waals surface area contributed by atoms with Crippen LogP contribution in [0.25, 0.3) is 0 Å². The number of methoxy groups -OCH3 is 1. The van der Waals surface area contributed by atoms with E-state index in [4.69, 9.17) is 4.74 Å². The van der Waals surface area contributed by atoms with Crippen molar-refractivity contribution in [2.24, 2.45) is 23.2 Å². The second-order valence-corrected chi connectivity index (χ2v) is 9.02. The lowest BCUT2D eigenvalue weighted by Crippen LogP contribution is -2.46. The van der Waals surface area contributed by atoms with Crippen molar-refractivity contribution in [3.05, 3.63) is 29.8 Å². The van der Waals surface area contributed by atoms with Gasteiger partial charge in [0.2, 0.25) is 5.91 Å². The van der Waals surface area contributed by atoms with E-state index in [0.717, 1.165) is 50.6 Å². The molecule has 0 aromatic heterocycles. The maximum Gasteiger partial charge on any atom is 0.226 e. The van der Waals surface area contributed by atoms with Crippen LogP contribution in [0.5, 0.6) is 5.75 Å². The SMILES string of the molecule is COc1cccc(CC2(C(=O)NCCC3CCCNC3)CC3CCC2C3)c1. The summed E-state index contributed by atoms with van der Waals surface area (Å²) in [6.45, 7) is 3.08. The number of ether oxygens (including phenoxy) is 1. The van der Waals surface area contributed by atoms with Crippen molar-refractivity contribution in [2.75, 3.05) is 26.7 Å². The molecule has 1 aromatic carbocycles. The number of rotatable bonds is 7. The molecule has 1 aromatic rings. The van der Waals surface area contributed by atoms with Crippen molar-refractivity contribution in [3.8, 4) is 5.75 Å². The molecule has 1 amide bonds. The summed E-state index contributed by atoms with van der Waals surface area (Å²) in [5.74, 6) is 3.20. The number of amides is 1. The number of nitrogens with one attached hydrogen (secondary N) is 2. The maximum atomic E-state index is 13.4. The minimum atomic E-state index is -0.208. The standard InChI is InChI=1S/C23H34N2O2/c1-27-21-6-2-4-18(13-21)14-23(15-19-7-8-20(23)12-19)22(26)25-11-9-17-5-3-10-24-16-17/h2,4,6,13,17,19-20,24H,3,5,7-12,14-16H2,1H3,(H,25,26). The van der Waals surface area contributed by atoms with E-state index >= 15 is 0 Å². The third kappa shape index (κ3) is 4.01. The summed E-state index contributed by atoms with van der Waals surface area (Å²) in [5, 5.41) is 6.82. The van der Waals surface area contributed by atoms with Crippen LogP contribution in [-0.2, 0) is 11.2 Å². The van der Waals surface area contributed by atoms with Gasteiger partial charge in [-0.2, -0.15) is 0 Å². The van der Waals surface area contributed by atoms with Gasteiger partial charge in [0.05, 0.1) is 12.5 Å². The topological polar surface area (TPSA) is 50.4 Å². The third-order valence-corrected chi connectivity index (χ3v) is 7.32. The van der Waals surface area contributed by atoms with E-state index in [9.17, 15) is 4.79 Å². The van der Waals surface area contributed by atoms with Gasteiger partial charge >= 0.3 is 0 Å². The van der Waals surface area contributed by atoms with E-state index in [2.05, 4.69) is 22.8 Å². The average Bonchev–Trinajstić information content (AvgIpc) is 3.31. The molecule has 4 rings (SSSR count). The number of hydrogen-bond acceptors (Lipinski definition) is 3. The normalized spacial score (nSPS) is 32.4. The minimum absolute atomic E-state index is 0.208. The molecule has 2 bridgehead atoms. The van der Waals surface area contributed by atoms with E-state index in [0.29, 0.717) is 17.7 Å². The molecule has 1 saturated heterocycles. The smallest absolute Gasteiger partial charge is 0.226 e. The van der Waals surface area contributed by atoms with Gasteiger partial charge in [-0.3, -0.25) is 4.79 Å². The van der Waals surface area contributed by atoms with Gasteiger partial charge in [-0.15, -0.1) is 0 Å². The number of hydrogen-bond donors (Lipinski definition) is 2. The molecule has 2 N–H and O–H groups in total. The first-order valence-corrected chi connectivity index (χ1v) is 10.8.